The highest BCUT2D eigenvalue weighted by molar-refractivity contribution is 7.99. The van der Waals surface area contributed by atoms with Crippen LogP contribution in [0.5, 0.6) is 0 Å². The van der Waals surface area contributed by atoms with Crippen LogP contribution in [-0.4, -0.2) is 57.7 Å². The first-order valence-electron chi connectivity index (χ1n) is 5.09. The number of carboxylic acid groups (broad SMARTS) is 1. The summed E-state index contributed by atoms with van der Waals surface area (Å²) < 4.78 is 8.74. The lowest BCUT2D eigenvalue weighted by molar-refractivity contribution is -0.138. The Hall–Kier alpha value is -0.440. The zero-order chi connectivity index (χ0) is 14.4. The molecule has 0 aliphatic heterocycles. The van der Waals surface area contributed by atoms with E-state index in [2.05, 4.69) is 5.32 Å². The number of thioether (sulfide) groups is 1. The Balaban J connectivity index is 0. The lowest BCUT2D eigenvalue weighted by Gasteiger charge is -2.05. The minimum Gasteiger partial charge on any atom is -0.480 e. The number of carbonyl (C=O) groups is 1. The van der Waals surface area contributed by atoms with Gasteiger partial charge in [0.15, 0.2) is 0 Å². The highest BCUT2D eigenvalue weighted by Crippen LogP contribution is 2.02. The SMILES string of the molecule is N=CCNCCSCCC(N)C(=O)O.O=[PH](O)O. The van der Waals surface area contributed by atoms with Gasteiger partial charge in [0.2, 0.25) is 0 Å². The number of hydrogen-bond donors (Lipinski definition) is 6. The number of carboxylic acids is 1. The van der Waals surface area contributed by atoms with Gasteiger partial charge in [-0.2, -0.15) is 11.8 Å². The molecule has 0 aliphatic carbocycles. The van der Waals surface area contributed by atoms with E-state index in [0.29, 0.717) is 13.0 Å². The Morgan fingerprint density at radius 3 is 2.50 bits per heavy atom. The largest absolute Gasteiger partial charge is 0.480 e. The van der Waals surface area contributed by atoms with Crippen molar-refractivity contribution in [3.63, 3.8) is 0 Å². The molecule has 0 rings (SSSR count). The molecule has 1 unspecified atom stereocenters. The van der Waals surface area contributed by atoms with Gasteiger partial charge in [0, 0.05) is 25.1 Å². The molecule has 0 bridgehead atoms. The number of nitrogens with one attached hydrogen (secondary N) is 2. The maximum absolute atomic E-state index is 10.3. The number of rotatable bonds is 9. The molecule has 8 nitrogen and oxygen atoms in total. The predicted octanol–water partition coefficient (Wildman–Crippen LogP) is -0.879. The number of nitrogens with two attached hydrogens (primary N) is 1. The maximum Gasteiger partial charge on any atom is 0.320 e. The van der Waals surface area contributed by atoms with Gasteiger partial charge in [0.05, 0.1) is 0 Å². The van der Waals surface area contributed by atoms with Gasteiger partial charge in [-0.3, -0.25) is 9.36 Å². The molecule has 0 aromatic heterocycles. The van der Waals surface area contributed by atoms with E-state index in [1.54, 1.807) is 11.8 Å². The van der Waals surface area contributed by atoms with E-state index < -0.39 is 20.3 Å². The minimum absolute atomic E-state index is 0.505. The fourth-order valence-electron chi connectivity index (χ4n) is 0.754. The molecule has 0 aromatic carbocycles. The van der Waals surface area contributed by atoms with E-state index in [1.165, 1.54) is 6.21 Å². The first kappa shape index (κ1) is 19.9. The van der Waals surface area contributed by atoms with Crippen molar-refractivity contribution in [3.05, 3.63) is 0 Å². The third kappa shape index (κ3) is 20.9. The third-order valence-electron chi connectivity index (χ3n) is 1.56. The lowest BCUT2D eigenvalue weighted by atomic mass is 10.2. The van der Waals surface area contributed by atoms with Gasteiger partial charge in [-0.25, -0.2) is 0 Å². The van der Waals surface area contributed by atoms with Gasteiger partial charge >= 0.3 is 14.2 Å². The zero-order valence-electron chi connectivity index (χ0n) is 9.83. The first-order chi connectivity index (χ1) is 8.41. The van der Waals surface area contributed by atoms with Gasteiger partial charge in [0.1, 0.15) is 6.04 Å². The molecule has 0 saturated carbocycles. The molecule has 7 N–H and O–H groups in total. The molecule has 0 spiro atoms. The quantitative estimate of drug-likeness (QED) is 0.182. The van der Waals surface area contributed by atoms with Crippen molar-refractivity contribution in [1.29, 1.82) is 5.41 Å². The van der Waals surface area contributed by atoms with Crippen molar-refractivity contribution in [2.75, 3.05) is 24.6 Å². The van der Waals surface area contributed by atoms with Crippen LogP contribution in [0.2, 0.25) is 0 Å². The minimum atomic E-state index is -3.13. The normalized spacial score (nSPS) is 11.6. The van der Waals surface area contributed by atoms with Crippen LogP contribution in [0.3, 0.4) is 0 Å². The Morgan fingerprint density at radius 1 is 1.50 bits per heavy atom. The second-order valence-electron chi connectivity index (χ2n) is 3.04. The summed E-state index contributed by atoms with van der Waals surface area (Å²) in [6.45, 7) is 1.43. The maximum atomic E-state index is 10.3. The fourth-order valence-corrected chi connectivity index (χ4v) is 1.67. The zero-order valence-corrected chi connectivity index (χ0v) is 11.7. The average Bonchev–Trinajstić information content (AvgIpc) is 2.26. The van der Waals surface area contributed by atoms with E-state index in [-0.39, 0.29) is 0 Å². The molecule has 10 heteroatoms. The van der Waals surface area contributed by atoms with Crippen molar-refractivity contribution < 1.29 is 24.3 Å². The molecule has 0 radical (unpaired) electrons. The second-order valence-corrected chi connectivity index (χ2v) is 4.83. The van der Waals surface area contributed by atoms with Crippen molar-refractivity contribution in [2.24, 2.45) is 5.73 Å². The molecular weight excluding hydrogens is 281 g/mol. The molecule has 0 aromatic rings. The second kappa shape index (κ2) is 14.6. The third-order valence-corrected chi connectivity index (χ3v) is 2.58. The summed E-state index contributed by atoms with van der Waals surface area (Å²) in [6, 6.07) is -0.739. The molecule has 0 fully saturated rings. The smallest absolute Gasteiger partial charge is 0.320 e. The van der Waals surface area contributed by atoms with Gasteiger partial charge in [-0.15, -0.1) is 0 Å². The van der Waals surface area contributed by atoms with Crippen LogP contribution in [0.1, 0.15) is 6.42 Å². The van der Waals surface area contributed by atoms with E-state index in [0.717, 1.165) is 18.1 Å². The molecular formula is C8H20N3O5PS. The molecule has 108 valence electrons. The molecule has 0 saturated heterocycles. The van der Waals surface area contributed by atoms with Gasteiger partial charge in [-0.05, 0) is 12.2 Å². The van der Waals surface area contributed by atoms with E-state index >= 15 is 0 Å². The topological polar surface area (TPSA) is 157 Å². The summed E-state index contributed by atoms with van der Waals surface area (Å²) in [7, 11) is -3.13. The summed E-state index contributed by atoms with van der Waals surface area (Å²) in [5.41, 5.74) is 5.32. The van der Waals surface area contributed by atoms with Crippen molar-refractivity contribution >= 4 is 32.2 Å². The Labute approximate surface area is 110 Å². The Morgan fingerprint density at radius 2 is 2.06 bits per heavy atom. The summed E-state index contributed by atoms with van der Waals surface area (Å²) in [6.07, 6.45) is 1.82. The van der Waals surface area contributed by atoms with Crippen LogP contribution in [0.15, 0.2) is 0 Å². The van der Waals surface area contributed by atoms with Crippen molar-refractivity contribution in [3.8, 4) is 0 Å². The number of aliphatic carboxylic acids is 1. The van der Waals surface area contributed by atoms with Gasteiger partial charge in [0.25, 0.3) is 0 Å². The van der Waals surface area contributed by atoms with Crippen LogP contribution in [0.25, 0.3) is 0 Å². The average molecular weight is 301 g/mol. The van der Waals surface area contributed by atoms with Crippen LogP contribution in [0, 0.1) is 5.41 Å². The van der Waals surface area contributed by atoms with E-state index in [9.17, 15) is 4.79 Å². The monoisotopic (exact) mass is 301 g/mol. The summed E-state index contributed by atoms with van der Waals surface area (Å²) in [5, 5.41) is 18.3. The van der Waals surface area contributed by atoms with Crippen molar-refractivity contribution in [1.82, 2.24) is 5.32 Å². The Bertz CT molecular complexity index is 253. The number of hydrogen-bond acceptors (Lipinski definition) is 6. The molecule has 0 heterocycles. The summed E-state index contributed by atoms with van der Waals surface area (Å²) in [5.74, 6) is 0.743. The molecule has 0 amide bonds. The van der Waals surface area contributed by atoms with Crippen LogP contribution < -0.4 is 11.1 Å². The fraction of sp³-hybridized carbons (Fsp3) is 0.750. The Kier molecular flexibility index (Phi) is 16.2. The van der Waals surface area contributed by atoms with Crippen LogP contribution in [-0.2, 0) is 9.36 Å². The highest BCUT2D eigenvalue weighted by Gasteiger charge is 2.09. The van der Waals surface area contributed by atoms with Crippen LogP contribution in [0.4, 0.5) is 0 Å². The van der Waals surface area contributed by atoms with Crippen molar-refractivity contribution in [2.45, 2.75) is 12.5 Å². The van der Waals surface area contributed by atoms with Gasteiger partial charge in [-0.1, -0.05) is 0 Å². The summed E-state index contributed by atoms with van der Waals surface area (Å²) >= 11 is 1.67. The summed E-state index contributed by atoms with van der Waals surface area (Å²) in [4.78, 5) is 24.6. The van der Waals surface area contributed by atoms with E-state index in [1.807, 2.05) is 0 Å². The lowest BCUT2D eigenvalue weighted by Crippen LogP contribution is -2.30. The first-order valence-corrected chi connectivity index (χ1v) is 7.55. The predicted molar refractivity (Wildman–Crippen MR) is 72.6 cm³/mol. The standard InChI is InChI=1S/C8H17N3O2S.H3O3P/c9-2-3-11-4-6-14-5-1-7(10)8(12)13;1-4(2)3/h2,7,9,11H,1,3-6,10H2,(H,12,13);4H,(H2,1,2,3). The van der Waals surface area contributed by atoms with E-state index in [4.69, 9.17) is 30.6 Å². The van der Waals surface area contributed by atoms with Crippen LogP contribution >= 0.6 is 20.0 Å². The highest BCUT2D eigenvalue weighted by atomic mass is 32.2. The molecule has 0 aliphatic rings. The molecule has 18 heavy (non-hydrogen) atoms. The van der Waals surface area contributed by atoms with Gasteiger partial charge < -0.3 is 31.4 Å². The molecule has 1 atom stereocenters.